The number of urea groups is 1. The van der Waals surface area contributed by atoms with Crippen LogP contribution in [-0.2, 0) is 6.54 Å². The highest BCUT2D eigenvalue weighted by molar-refractivity contribution is 7.15. The van der Waals surface area contributed by atoms with E-state index < -0.39 is 0 Å². The maximum absolute atomic E-state index is 12.1. The van der Waals surface area contributed by atoms with Gasteiger partial charge in [-0.2, -0.15) is 0 Å². The predicted octanol–water partition coefficient (Wildman–Crippen LogP) is 1.24. The lowest BCUT2D eigenvalue weighted by Gasteiger charge is -2.33. The van der Waals surface area contributed by atoms with Gasteiger partial charge in [-0.1, -0.05) is 6.92 Å². The van der Waals surface area contributed by atoms with Gasteiger partial charge in [0, 0.05) is 44.0 Å². The van der Waals surface area contributed by atoms with Crippen LogP contribution in [0.3, 0.4) is 0 Å². The zero-order chi connectivity index (χ0) is 13.9. The fourth-order valence-electron chi connectivity index (χ4n) is 2.41. The quantitative estimate of drug-likeness (QED) is 0.926. The number of rotatable bonds is 3. The van der Waals surface area contributed by atoms with Crippen molar-refractivity contribution in [1.82, 2.24) is 24.5 Å². The van der Waals surface area contributed by atoms with Gasteiger partial charge in [0.05, 0.1) is 12.2 Å². The molecule has 20 heavy (non-hydrogen) atoms. The van der Waals surface area contributed by atoms with Gasteiger partial charge in [0.2, 0.25) is 0 Å². The van der Waals surface area contributed by atoms with E-state index in [-0.39, 0.29) is 6.03 Å². The lowest BCUT2D eigenvalue weighted by Crippen LogP contribution is -2.51. The van der Waals surface area contributed by atoms with E-state index >= 15 is 0 Å². The van der Waals surface area contributed by atoms with Crippen molar-refractivity contribution in [3.8, 4) is 0 Å². The van der Waals surface area contributed by atoms with E-state index in [1.165, 1.54) is 0 Å². The molecule has 0 atom stereocenters. The molecule has 1 aliphatic heterocycles. The van der Waals surface area contributed by atoms with Crippen LogP contribution in [0.1, 0.15) is 12.6 Å². The number of thiazole rings is 1. The van der Waals surface area contributed by atoms with E-state index in [1.807, 2.05) is 27.1 Å². The number of carbonyl (C=O) groups excluding carboxylic acids is 1. The minimum Gasteiger partial charge on any atom is -0.332 e. The van der Waals surface area contributed by atoms with Gasteiger partial charge in [0.25, 0.3) is 0 Å². The van der Waals surface area contributed by atoms with Crippen molar-refractivity contribution in [3.05, 3.63) is 23.5 Å². The third-order valence-electron chi connectivity index (χ3n) is 3.67. The Balaban J connectivity index is 1.50. The number of amides is 2. The van der Waals surface area contributed by atoms with Crippen LogP contribution in [-0.4, -0.2) is 57.9 Å². The van der Waals surface area contributed by atoms with Gasteiger partial charge in [0.1, 0.15) is 0 Å². The van der Waals surface area contributed by atoms with Gasteiger partial charge in [0.15, 0.2) is 4.96 Å². The van der Waals surface area contributed by atoms with Gasteiger partial charge < -0.3 is 15.1 Å². The lowest BCUT2D eigenvalue weighted by atomic mass is 10.3. The molecule has 0 bridgehead atoms. The first kappa shape index (κ1) is 13.4. The minimum atomic E-state index is 0.0112. The Morgan fingerprint density at radius 3 is 2.90 bits per heavy atom. The zero-order valence-electron chi connectivity index (χ0n) is 11.6. The van der Waals surface area contributed by atoms with Crippen molar-refractivity contribution >= 4 is 22.3 Å². The molecule has 3 heterocycles. The van der Waals surface area contributed by atoms with Crippen LogP contribution in [0.2, 0.25) is 0 Å². The summed E-state index contributed by atoms with van der Waals surface area (Å²) in [6, 6.07) is 0.0112. The van der Waals surface area contributed by atoms with Gasteiger partial charge in [-0.15, -0.1) is 11.3 Å². The second-order valence-electron chi connectivity index (χ2n) is 4.91. The van der Waals surface area contributed by atoms with Crippen LogP contribution in [0.5, 0.6) is 0 Å². The zero-order valence-corrected chi connectivity index (χ0v) is 12.4. The third-order valence-corrected chi connectivity index (χ3v) is 4.44. The number of aromatic nitrogens is 2. The summed E-state index contributed by atoms with van der Waals surface area (Å²) >= 11 is 1.60. The first-order chi connectivity index (χ1) is 9.76. The molecule has 2 aromatic rings. The molecule has 2 amide bonds. The van der Waals surface area contributed by atoms with E-state index in [4.69, 9.17) is 0 Å². The number of imidazole rings is 1. The number of nitrogens with one attached hydrogen (secondary N) is 1. The molecule has 3 rings (SSSR count). The number of piperazine rings is 1. The summed E-state index contributed by atoms with van der Waals surface area (Å²) in [5, 5.41) is 4.95. The predicted molar refractivity (Wildman–Crippen MR) is 79.0 cm³/mol. The molecule has 0 aliphatic carbocycles. The Kier molecular flexibility index (Phi) is 3.88. The smallest absolute Gasteiger partial charge is 0.317 e. The number of hydrogen-bond acceptors (Lipinski definition) is 4. The Morgan fingerprint density at radius 1 is 1.40 bits per heavy atom. The highest BCUT2D eigenvalue weighted by Crippen LogP contribution is 2.11. The average Bonchev–Trinajstić information content (AvgIpc) is 3.06. The number of carbonyl (C=O) groups is 1. The van der Waals surface area contributed by atoms with Crippen molar-refractivity contribution in [2.24, 2.45) is 0 Å². The van der Waals surface area contributed by atoms with Crippen molar-refractivity contribution < 1.29 is 4.79 Å². The lowest BCUT2D eigenvalue weighted by molar-refractivity contribution is 0.142. The normalized spacial score (nSPS) is 16.8. The molecule has 6 nitrogen and oxygen atoms in total. The van der Waals surface area contributed by atoms with Crippen molar-refractivity contribution in [1.29, 1.82) is 0 Å². The fourth-order valence-corrected chi connectivity index (χ4v) is 3.13. The van der Waals surface area contributed by atoms with Crippen molar-refractivity contribution in [2.45, 2.75) is 13.5 Å². The molecule has 0 unspecified atom stereocenters. The summed E-state index contributed by atoms with van der Waals surface area (Å²) in [6.45, 7) is 7.23. The summed E-state index contributed by atoms with van der Waals surface area (Å²) < 4.78 is 1.98. The van der Waals surface area contributed by atoms with Crippen LogP contribution in [0, 0.1) is 0 Å². The molecule has 0 saturated carbocycles. The summed E-state index contributed by atoms with van der Waals surface area (Å²) in [5.74, 6) is 0. The molecule has 1 fully saturated rings. The maximum atomic E-state index is 12.1. The molecule has 1 aliphatic rings. The van der Waals surface area contributed by atoms with Gasteiger partial charge in [-0.3, -0.25) is 4.40 Å². The Hall–Kier alpha value is -1.60. The van der Waals surface area contributed by atoms with Crippen molar-refractivity contribution in [2.75, 3.05) is 32.7 Å². The fraction of sp³-hybridized carbons (Fsp3) is 0.538. The Morgan fingerprint density at radius 2 is 2.20 bits per heavy atom. The number of likely N-dealkylation sites (N-methyl/N-ethyl adjacent to an activating group) is 1. The molecule has 108 valence electrons. The minimum absolute atomic E-state index is 0.0112. The largest absolute Gasteiger partial charge is 0.332 e. The van der Waals surface area contributed by atoms with Crippen LogP contribution in [0.4, 0.5) is 4.79 Å². The number of fused-ring (bicyclic) bond motifs is 1. The molecule has 0 radical (unpaired) electrons. The molecule has 0 spiro atoms. The van der Waals surface area contributed by atoms with E-state index in [0.717, 1.165) is 43.4 Å². The SMILES string of the molecule is CCN1CCN(C(=O)NCc2cn3ccsc3n2)CC1. The monoisotopic (exact) mass is 293 g/mol. The highest BCUT2D eigenvalue weighted by atomic mass is 32.1. The highest BCUT2D eigenvalue weighted by Gasteiger charge is 2.19. The number of nitrogens with zero attached hydrogens (tertiary/aromatic N) is 4. The van der Waals surface area contributed by atoms with Gasteiger partial charge in [-0.05, 0) is 6.54 Å². The molecule has 2 aromatic heterocycles. The second kappa shape index (κ2) is 5.80. The van der Waals surface area contributed by atoms with Gasteiger partial charge in [-0.25, -0.2) is 9.78 Å². The second-order valence-corrected chi connectivity index (χ2v) is 5.78. The van der Waals surface area contributed by atoms with Crippen molar-refractivity contribution in [3.63, 3.8) is 0 Å². The van der Waals surface area contributed by atoms with Gasteiger partial charge >= 0.3 is 6.03 Å². The van der Waals surface area contributed by atoms with E-state index in [2.05, 4.69) is 22.1 Å². The Bertz CT molecular complexity index is 556. The van der Waals surface area contributed by atoms with Crippen LogP contribution < -0.4 is 5.32 Å². The first-order valence-electron chi connectivity index (χ1n) is 6.92. The summed E-state index contributed by atoms with van der Waals surface area (Å²) in [7, 11) is 0. The molecule has 0 aromatic carbocycles. The topological polar surface area (TPSA) is 52.9 Å². The molecule has 1 N–H and O–H groups in total. The van der Waals surface area contributed by atoms with Crippen LogP contribution in [0.25, 0.3) is 4.96 Å². The average molecular weight is 293 g/mol. The summed E-state index contributed by atoms with van der Waals surface area (Å²) in [5.41, 5.74) is 0.900. The maximum Gasteiger partial charge on any atom is 0.317 e. The van der Waals surface area contributed by atoms with E-state index in [1.54, 1.807) is 11.3 Å². The first-order valence-corrected chi connectivity index (χ1v) is 7.80. The van der Waals surface area contributed by atoms with E-state index in [0.29, 0.717) is 6.54 Å². The molecular formula is C13H19N5OS. The van der Waals surface area contributed by atoms with Crippen LogP contribution in [0.15, 0.2) is 17.8 Å². The standard InChI is InChI=1S/C13H19N5OS/c1-2-16-3-5-17(6-4-16)12(19)14-9-11-10-18-7-8-20-13(18)15-11/h7-8,10H,2-6,9H2,1H3,(H,14,19). The third kappa shape index (κ3) is 2.78. The molecule has 7 heteroatoms. The summed E-state index contributed by atoms with van der Waals surface area (Å²) in [6.07, 6.45) is 3.93. The number of hydrogen-bond donors (Lipinski definition) is 1. The van der Waals surface area contributed by atoms with Crippen LogP contribution >= 0.6 is 11.3 Å². The summed E-state index contributed by atoms with van der Waals surface area (Å²) in [4.78, 5) is 21.7. The molecular weight excluding hydrogens is 274 g/mol. The Labute approximate surface area is 122 Å². The molecule has 1 saturated heterocycles. The van der Waals surface area contributed by atoms with E-state index in [9.17, 15) is 4.79 Å².